The maximum absolute atomic E-state index is 13.4. The minimum Gasteiger partial charge on any atom is -0.493 e. The molecule has 3 heterocycles. The van der Waals surface area contributed by atoms with Crippen LogP contribution in [0.3, 0.4) is 0 Å². The van der Waals surface area contributed by atoms with Crippen molar-refractivity contribution in [3.05, 3.63) is 68.9 Å². The number of aromatic nitrogens is 2. The summed E-state index contributed by atoms with van der Waals surface area (Å²) in [6.45, 7) is 1.13. The molecule has 32 heavy (non-hydrogen) atoms. The first-order valence-electron chi connectivity index (χ1n) is 10.1. The Morgan fingerprint density at radius 2 is 2.00 bits per heavy atom. The number of carbonyl (C=O) groups is 1. The van der Waals surface area contributed by atoms with Gasteiger partial charge in [-0.15, -0.1) is 11.3 Å². The van der Waals surface area contributed by atoms with Crippen LogP contribution in [0, 0.1) is 0 Å². The van der Waals surface area contributed by atoms with Crippen LogP contribution in [0.1, 0.15) is 46.1 Å². The van der Waals surface area contributed by atoms with Crippen molar-refractivity contribution in [2.24, 2.45) is 0 Å². The number of halogens is 4. The molecule has 0 unspecified atom stereocenters. The predicted molar refractivity (Wildman–Crippen MR) is 117 cm³/mol. The van der Waals surface area contributed by atoms with Gasteiger partial charge in [-0.3, -0.25) is 4.79 Å². The van der Waals surface area contributed by atoms with Crippen LogP contribution in [0.2, 0.25) is 4.34 Å². The van der Waals surface area contributed by atoms with Crippen LogP contribution in [-0.2, 0) is 12.7 Å². The lowest BCUT2D eigenvalue weighted by Gasteiger charge is -2.32. The van der Waals surface area contributed by atoms with Gasteiger partial charge in [0.1, 0.15) is 10.2 Å². The third-order valence-electron chi connectivity index (χ3n) is 5.70. The zero-order chi connectivity index (χ0) is 22.9. The van der Waals surface area contributed by atoms with E-state index >= 15 is 0 Å². The molecular weight excluding hydrogens is 463 g/mol. The van der Waals surface area contributed by atoms with E-state index in [2.05, 4.69) is 4.98 Å². The number of benzene rings is 1. The summed E-state index contributed by atoms with van der Waals surface area (Å²) in [5.41, 5.74) is 0.0166. The zero-order valence-electron chi connectivity index (χ0n) is 17.2. The van der Waals surface area contributed by atoms with Gasteiger partial charge in [-0.1, -0.05) is 29.8 Å². The minimum atomic E-state index is -4.41. The Kier molecular flexibility index (Phi) is 6.48. The van der Waals surface area contributed by atoms with Crippen LogP contribution >= 0.6 is 22.9 Å². The molecule has 0 aliphatic carbocycles. The van der Waals surface area contributed by atoms with Crippen molar-refractivity contribution in [3.8, 4) is 5.75 Å². The molecule has 1 aromatic carbocycles. The van der Waals surface area contributed by atoms with Crippen molar-refractivity contribution in [3.63, 3.8) is 0 Å². The maximum atomic E-state index is 13.4. The van der Waals surface area contributed by atoms with E-state index in [1.165, 1.54) is 30.6 Å². The normalized spacial score (nSPS) is 15.2. The second-order valence-corrected chi connectivity index (χ2v) is 9.07. The molecule has 0 atom stereocenters. The van der Waals surface area contributed by atoms with E-state index in [1.54, 1.807) is 33.3 Å². The van der Waals surface area contributed by atoms with Crippen LogP contribution < -0.4 is 4.74 Å². The Bertz CT molecular complexity index is 1100. The van der Waals surface area contributed by atoms with E-state index in [9.17, 15) is 18.0 Å². The Labute approximate surface area is 192 Å². The van der Waals surface area contributed by atoms with Gasteiger partial charge in [0.15, 0.2) is 5.75 Å². The zero-order valence-corrected chi connectivity index (χ0v) is 18.8. The van der Waals surface area contributed by atoms with E-state index in [0.29, 0.717) is 41.6 Å². The number of likely N-dealkylation sites (tertiary alicyclic amines) is 1. The molecule has 0 N–H and O–H groups in total. The van der Waals surface area contributed by atoms with Crippen LogP contribution in [0.5, 0.6) is 5.75 Å². The van der Waals surface area contributed by atoms with Gasteiger partial charge >= 0.3 is 6.18 Å². The Balaban J connectivity index is 1.46. The number of ether oxygens (including phenoxy) is 1. The SMILES string of the molecule is COc1c(C(=O)N2CCC(c3nccn3Cc3ccccc3C(F)(F)F)CC2)csc1Cl. The van der Waals surface area contributed by atoms with Crippen molar-refractivity contribution >= 4 is 28.8 Å². The van der Waals surface area contributed by atoms with Gasteiger partial charge in [-0.05, 0) is 24.5 Å². The van der Waals surface area contributed by atoms with E-state index in [0.717, 1.165) is 11.9 Å². The van der Waals surface area contributed by atoms with Gasteiger partial charge in [-0.25, -0.2) is 4.98 Å². The third kappa shape index (κ3) is 4.49. The highest BCUT2D eigenvalue weighted by atomic mass is 35.5. The number of hydrogen-bond acceptors (Lipinski definition) is 4. The molecule has 2 aromatic heterocycles. The third-order valence-corrected chi connectivity index (χ3v) is 6.88. The molecule has 10 heteroatoms. The average Bonchev–Trinajstić information content (AvgIpc) is 3.39. The fourth-order valence-electron chi connectivity index (χ4n) is 4.10. The molecule has 0 radical (unpaired) electrons. The van der Waals surface area contributed by atoms with Gasteiger partial charge in [0, 0.05) is 43.3 Å². The summed E-state index contributed by atoms with van der Waals surface area (Å²) in [5.74, 6) is 1.05. The number of thiophene rings is 1. The van der Waals surface area contributed by atoms with Crippen molar-refractivity contribution in [2.45, 2.75) is 31.5 Å². The lowest BCUT2D eigenvalue weighted by Crippen LogP contribution is -2.38. The quantitative estimate of drug-likeness (QED) is 0.468. The van der Waals surface area contributed by atoms with E-state index < -0.39 is 11.7 Å². The fourth-order valence-corrected chi connectivity index (χ4v) is 5.15. The lowest BCUT2D eigenvalue weighted by molar-refractivity contribution is -0.138. The summed E-state index contributed by atoms with van der Waals surface area (Å²) in [7, 11) is 1.48. The van der Waals surface area contributed by atoms with Gasteiger partial charge < -0.3 is 14.2 Å². The second kappa shape index (κ2) is 9.15. The van der Waals surface area contributed by atoms with Crippen LogP contribution in [0.25, 0.3) is 0 Å². The molecule has 170 valence electrons. The van der Waals surface area contributed by atoms with E-state index in [4.69, 9.17) is 16.3 Å². The molecule has 5 nitrogen and oxygen atoms in total. The second-order valence-electron chi connectivity index (χ2n) is 7.59. The summed E-state index contributed by atoms with van der Waals surface area (Å²) >= 11 is 7.33. The Morgan fingerprint density at radius 1 is 1.28 bits per heavy atom. The number of carbonyl (C=O) groups excluding carboxylic acids is 1. The highest BCUT2D eigenvalue weighted by molar-refractivity contribution is 7.15. The highest BCUT2D eigenvalue weighted by Gasteiger charge is 2.34. The average molecular weight is 484 g/mol. The highest BCUT2D eigenvalue weighted by Crippen LogP contribution is 2.37. The standard InChI is InChI=1S/C22H21ClF3N3O2S/c1-31-18-16(13-32-19(18)23)21(30)28-9-6-14(7-10-28)20-27-8-11-29(20)12-15-4-2-3-5-17(15)22(24,25)26/h2-5,8,11,13-14H,6-7,9-10,12H2,1H3. The Hall–Kier alpha value is -2.52. The summed E-state index contributed by atoms with van der Waals surface area (Å²) in [5, 5.41) is 1.69. The molecule has 0 bridgehead atoms. The van der Waals surface area contributed by atoms with Gasteiger partial charge in [0.05, 0.1) is 18.2 Å². The van der Waals surface area contributed by atoms with Crippen molar-refractivity contribution in [1.82, 2.24) is 14.5 Å². The smallest absolute Gasteiger partial charge is 0.416 e. The lowest BCUT2D eigenvalue weighted by atomic mass is 9.95. The first-order valence-corrected chi connectivity index (χ1v) is 11.3. The van der Waals surface area contributed by atoms with Gasteiger partial charge in [0.25, 0.3) is 5.91 Å². The topological polar surface area (TPSA) is 47.4 Å². The number of alkyl halides is 3. The number of nitrogens with zero attached hydrogens (tertiary/aromatic N) is 3. The van der Waals surface area contributed by atoms with Gasteiger partial charge in [-0.2, -0.15) is 13.2 Å². The Morgan fingerprint density at radius 3 is 2.69 bits per heavy atom. The molecule has 1 amide bonds. The minimum absolute atomic E-state index is 0.0556. The monoisotopic (exact) mass is 483 g/mol. The first kappa shape index (κ1) is 22.7. The molecule has 0 spiro atoms. The number of rotatable bonds is 5. The van der Waals surface area contributed by atoms with E-state index in [-0.39, 0.29) is 23.9 Å². The molecule has 1 fully saturated rings. The van der Waals surface area contributed by atoms with Crippen molar-refractivity contribution in [2.75, 3.05) is 20.2 Å². The number of amides is 1. The first-order chi connectivity index (χ1) is 15.3. The number of hydrogen-bond donors (Lipinski definition) is 0. The van der Waals surface area contributed by atoms with Crippen LogP contribution in [-0.4, -0.2) is 40.6 Å². The molecule has 4 rings (SSSR count). The molecule has 1 saturated heterocycles. The summed E-state index contributed by atoms with van der Waals surface area (Å²) in [6, 6.07) is 5.59. The molecule has 1 aliphatic rings. The summed E-state index contributed by atoms with van der Waals surface area (Å²) in [6.07, 6.45) is 0.252. The fraction of sp³-hybridized carbons (Fsp3) is 0.364. The molecule has 1 aliphatic heterocycles. The number of imidazole rings is 1. The molecule has 0 saturated carbocycles. The molecular formula is C22H21ClF3N3O2S. The predicted octanol–water partition coefficient (Wildman–Crippen LogP) is 5.69. The van der Waals surface area contributed by atoms with Crippen molar-refractivity contribution < 1.29 is 22.7 Å². The number of piperidine rings is 1. The van der Waals surface area contributed by atoms with Crippen LogP contribution in [0.4, 0.5) is 13.2 Å². The number of methoxy groups -OCH3 is 1. The van der Waals surface area contributed by atoms with Crippen LogP contribution in [0.15, 0.2) is 42.0 Å². The molecule has 3 aromatic rings. The largest absolute Gasteiger partial charge is 0.493 e. The summed E-state index contributed by atoms with van der Waals surface area (Å²) in [4.78, 5) is 19.1. The van der Waals surface area contributed by atoms with Gasteiger partial charge in [0.2, 0.25) is 0 Å². The van der Waals surface area contributed by atoms with Crippen molar-refractivity contribution in [1.29, 1.82) is 0 Å². The van der Waals surface area contributed by atoms with E-state index in [1.807, 2.05) is 0 Å². The maximum Gasteiger partial charge on any atom is 0.416 e. The summed E-state index contributed by atoms with van der Waals surface area (Å²) < 4.78 is 47.6.